The fraction of sp³-hybridized carbons (Fsp3) is 0.733. The molecule has 114 valence electrons. The maximum atomic E-state index is 6.33. The van der Waals surface area contributed by atoms with E-state index >= 15 is 0 Å². The minimum absolute atomic E-state index is 0.299. The SMILES string of the molecule is CCN(C(C)c1cc(Cl)sc1Cl)C1CCCCC1CN. The molecule has 0 spiro atoms. The van der Waals surface area contributed by atoms with Gasteiger partial charge in [0, 0.05) is 17.6 Å². The number of halogens is 2. The van der Waals surface area contributed by atoms with Crippen molar-refractivity contribution in [3.63, 3.8) is 0 Å². The van der Waals surface area contributed by atoms with E-state index in [1.54, 1.807) is 0 Å². The first kappa shape index (κ1) is 16.6. The minimum Gasteiger partial charge on any atom is -0.330 e. The summed E-state index contributed by atoms with van der Waals surface area (Å²) in [6.45, 7) is 6.26. The van der Waals surface area contributed by atoms with Crippen LogP contribution >= 0.6 is 34.5 Å². The van der Waals surface area contributed by atoms with Gasteiger partial charge < -0.3 is 5.73 Å². The number of hydrogen-bond acceptors (Lipinski definition) is 3. The summed E-state index contributed by atoms with van der Waals surface area (Å²) in [6, 6.07) is 2.89. The van der Waals surface area contributed by atoms with Gasteiger partial charge in [-0.2, -0.15) is 0 Å². The molecule has 2 nitrogen and oxygen atoms in total. The molecule has 0 aromatic carbocycles. The van der Waals surface area contributed by atoms with E-state index in [-0.39, 0.29) is 0 Å². The van der Waals surface area contributed by atoms with Gasteiger partial charge >= 0.3 is 0 Å². The van der Waals surface area contributed by atoms with Crippen LogP contribution in [0.3, 0.4) is 0 Å². The third-order valence-electron chi connectivity index (χ3n) is 4.59. The summed E-state index contributed by atoms with van der Waals surface area (Å²) in [5.74, 6) is 0.610. The average Bonchev–Trinajstić information content (AvgIpc) is 2.79. The van der Waals surface area contributed by atoms with Crippen molar-refractivity contribution in [2.75, 3.05) is 13.1 Å². The molecule has 1 aliphatic carbocycles. The fourth-order valence-electron chi connectivity index (χ4n) is 3.51. The van der Waals surface area contributed by atoms with Crippen molar-refractivity contribution in [1.29, 1.82) is 0 Å². The standard InChI is InChI=1S/C15H24Cl2N2S/c1-3-19(13-7-5-4-6-11(13)9-18)10(2)12-8-14(16)20-15(12)17/h8,10-11,13H,3-7,9,18H2,1-2H3. The van der Waals surface area contributed by atoms with Gasteiger partial charge in [0.05, 0.1) is 8.67 Å². The van der Waals surface area contributed by atoms with Gasteiger partial charge in [0.2, 0.25) is 0 Å². The van der Waals surface area contributed by atoms with Gasteiger partial charge in [-0.05, 0) is 44.8 Å². The Morgan fingerprint density at radius 1 is 1.40 bits per heavy atom. The Morgan fingerprint density at radius 2 is 2.10 bits per heavy atom. The molecule has 2 rings (SSSR count). The van der Waals surface area contributed by atoms with Crippen LogP contribution < -0.4 is 5.73 Å². The Bertz CT molecular complexity index is 436. The van der Waals surface area contributed by atoms with Crippen LogP contribution in [-0.2, 0) is 0 Å². The van der Waals surface area contributed by atoms with Crippen molar-refractivity contribution in [2.45, 2.75) is 51.6 Å². The molecule has 1 aromatic rings. The highest BCUT2D eigenvalue weighted by molar-refractivity contribution is 7.20. The largest absolute Gasteiger partial charge is 0.330 e. The highest BCUT2D eigenvalue weighted by Crippen LogP contribution is 2.40. The van der Waals surface area contributed by atoms with E-state index in [0.717, 1.165) is 27.3 Å². The number of hydrogen-bond donors (Lipinski definition) is 1. The van der Waals surface area contributed by atoms with E-state index in [0.29, 0.717) is 18.0 Å². The van der Waals surface area contributed by atoms with E-state index in [9.17, 15) is 0 Å². The van der Waals surface area contributed by atoms with E-state index in [1.807, 2.05) is 6.07 Å². The second-order valence-electron chi connectivity index (χ2n) is 5.63. The van der Waals surface area contributed by atoms with Crippen molar-refractivity contribution in [3.05, 3.63) is 20.3 Å². The summed E-state index contributed by atoms with van der Waals surface area (Å²) in [6.07, 6.45) is 5.12. The molecular weight excluding hydrogens is 311 g/mol. The third-order valence-corrected chi connectivity index (χ3v) is 6.11. The molecule has 0 aliphatic heterocycles. The number of rotatable bonds is 5. The lowest BCUT2D eigenvalue weighted by atomic mass is 9.82. The first-order chi connectivity index (χ1) is 9.58. The quantitative estimate of drug-likeness (QED) is 0.824. The van der Waals surface area contributed by atoms with Gasteiger partial charge in [0.1, 0.15) is 0 Å². The summed E-state index contributed by atoms with van der Waals surface area (Å²) < 4.78 is 1.59. The summed E-state index contributed by atoms with van der Waals surface area (Å²) in [4.78, 5) is 2.56. The molecule has 1 aliphatic rings. The number of thiophene rings is 1. The zero-order chi connectivity index (χ0) is 14.7. The Kier molecular flexibility index (Phi) is 6.18. The van der Waals surface area contributed by atoms with E-state index < -0.39 is 0 Å². The Hall–Kier alpha value is 0.200. The molecule has 1 saturated carbocycles. The number of nitrogens with two attached hydrogens (primary N) is 1. The predicted molar refractivity (Wildman–Crippen MR) is 89.9 cm³/mol. The monoisotopic (exact) mass is 334 g/mol. The Morgan fingerprint density at radius 3 is 2.65 bits per heavy atom. The normalized spacial score (nSPS) is 25.1. The van der Waals surface area contributed by atoms with Gasteiger partial charge in [-0.25, -0.2) is 0 Å². The smallest absolute Gasteiger partial charge is 0.0991 e. The Balaban J connectivity index is 2.20. The van der Waals surface area contributed by atoms with Crippen LogP contribution in [0.15, 0.2) is 6.07 Å². The average molecular weight is 335 g/mol. The summed E-state index contributed by atoms with van der Waals surface area (Å²) >= 11 is 13.9. The molecule has 3 unspecified atom stereocenters. The van der Waals surface area contributed by atoms with Crippen LogP contribution in [0.1, 0.15) is 51.1 Å². The van der Waals surface area contributed by atoms with Crippen LogP contribution in [0.5, 0.6) is 0 Å². The molecule has 5 heteroatoms. The van der Waals surface area contributed by atoms with Crippen LogP contribution in [-0.4, -0.2) is 24.0 Å². The van der Waals surface area contributed by atoms with Crippen molar-refractivity contribution < 1.29 is 0 Å². The molecule has 3 atom stereocenters. The zero-order valence-corrected chi connectivity index (χ0v) is 14.6. The van der Waals surface area contributed by atoms with Gasteiger partial charge in [-0.3, -0.25) is 4.90 Å². The second-order valence-corrected chi connectivity index (χ2v) is 7.92. The van der Waals surface area contributed by atoms with E-state index in [1.165, 1.54) is 37.0 Å². The molecule has 20 heavy (non-hydrogen) atoms. The van der Waals surface area contributed by atoms with Crippen LogP contribution in [0, 0.1) is 5.92 Å². The van der Waals surface area contributed by atoms with Crippen LogP contribution in [0.4, 0.5) is 0 Å². The lowest BCUT2D eigenvalue weighted by Gasteiger charge is -2.42. The zero-order valence-electron chi connectivity index (χ0n) is 12.2. The first-order valence-electron chi connectivity index (χ1n) is 7.49. The summed E-state index contributed by atoms with van der Waals surface area (Å²) in [5, 5.41) is 0. The highest BCUT2D eigenvalue weighted by Gasteiger charge is 2.32. The highest BCUT2D eigenvalue weighted by atomic mass is 35.5. The lowest BCUT2D eigenvalue weighted by molar-refractivity contribution is 0.0771. The fourth-order valence-corrected chi connectivity index (χ4v) is 5.15. The lowest BCUT2D eigenvalue weighted by Crippen LogP contribution is -2.46. The molecular formula is C15H24Cl2N2S. The molecule has 2 N–H and O–H groups in total. The van der Waals surface area contributed by atoms with Gasteiger partial charge in [-0.1, -0.05) is 43.0 Å². The third kappa shape index (κ3) is 3.50. The molecule has 1 fully saturated rings. The molecule has 0 bridgehead atoms. The number of nitrogens with zero attached hydrogens (tertiary/aromatic N) is 1. The van der Waals surface area contributed by atoms with Crippen molar-refractivity contribution in [1.82, 2.24) is 4.90 Å². The maximum Gasteiger partial charge on any atom is 0.0991 e. The van der Waals surface area contributed by atoms with E-state index in [4.69, 9.17) is 28.9 Å². The summed E-state index contributed by atoms with van der Waals surface area (Å²) in [7, 11) is 0. The van der Waals surface area contributed by atoms with Gasteiger partial charge in [0.15, 0.2) is 0 Å². The topological polar surface area (TPSA) is 29.3 Å². The van der Waals surface area contributed by atoms with Crippen LogP contribution in [0.2, 0.25) is 8.67 Å². The first-order valence-corrected chi connectivity index (χ1v) is 9.06. The van der Waals surface area contributed by atoms with Crippen molar-refractivity contribution >= 4 is 34.5 Å². The maximum absolute atomic E-state index is 6.33. The molecule has 0 radical (unpaired) electrons. The molecule has 0 amide bonds. The second kappa shape index (κ2) is 7.46. The van der Waals surface area contributed by atoms with Crippen molar-refractivity contribution in [2.24, 2.45) is 11.7 Å². The molecule has 0 saturated heterocycles. The predicted octanol–water partition coefficient (Wildman–Crippen LogP) is 4.96. The van der Waals surface area contributed by atoms with Crippen molar-refractivity contribution in [3.8, 4) is 0 Å². The minimum atomic E-state index is 0.299. The van der Waals surface area contributed by atoms with Crippen LogP contribution in [0.25, 0.3) is 0 Å². The van der Waals surface area contributed by atoms with E-state index in [2.05, 4.69) is 18.7 Å². The van der Waals surface area contributed by atoms with Gasteiger partial charge in [0.25, 0.3) is 0 Å². The Labute approximate surface area is 136 Å². The van der Waals surface area contributed by atoms with Gasteiger partial charge in [-0.15, -0.1) is 11.3 Å². The molecule has 1 aromatic heterocycles. The molecule has 1 heterocycles. The summed E-state index contributed by atoms with van der Waals surface area (Å²) in [5.41, 5.74) is 7.14.